The van der Waals surface area contributed by atoms with Crippen LogP contribution in [-0.2, 0) is 11.2 Å². The molecule has 0 radical (unpaired) electrons. The third-order valence-electron chi connectivity index (χ3n) is 3.58. The lowest BCUT2D eigenvalue weighted by Crippen LogP contribution is -2.06. The number of carboxylic acids is 1. The summed E-state index contributed by atoms with van der Waals surface area (Å²) in [5, 5.41) is 8.92. The molecule has 1 N–H and O–H groups in total. The summed E-state index contributed by atoms with van der Waals surface area (Å²) in [4.78, 5) is 10.8. The van der Waals surface area contributed by atoms with Gasteiger partial charge in [0.2, 0.25) is 0 Å². The number of benzene rings is 2. The van der Waals surface area contributed by atoms with E-state index in [4.69, 9.17) is 5.11 Å². The van der Waals surface area contributed by atoms with Gasteiger partial charge in [0, 0.05) is 6.42 Å². The van der Waals surface area contributed by atoms with E-state index in [0.717, 1.165) is 6.42 Å². The van der Waals surface area contributed by atoms with Gasteiger partial charge in [0.1, 0.15) is 0 Å². The molecule has 0 amide bonds. The van der Waals surface area contributed by atoms with Crippen molar-refractivity contribution in [3.05, 3.63) is 71.3 Å². The van der Waals surface area contributed by atoms with Gasteiger partial charge in [-0.1, -0.05) is 60.2 Å². The van der Waals surface area contributed by atoms with Crippen molar-refractivity contribution < 1.29 is 9.90 Å². The van der Waals surface area contributed by atoms with E-state index in [1.54, 1.807) is 0 Å². The molecule has 0 spiro atoms. The van der Waals surface area contributed by atoms with Crippen LogP contribution >= 0.6 is 0 Å². The smallest absolute Gasteiger partial charge is 0.303 e. The van der Waals surface area contributed by atoms with Crippen LogP contribution in [0.1, 0.15) is 35.4 Å². The molecule has 0 aliphatic rings. The van der Waals surface area contributed by atoms with E-state index >= 15 is 0 Å². The van der Waals surface area contributed by atoms with Crippen molar-refractivity contribution in [2.75, 3.05) is 0 Å². The molecule has 0 bridgehead atoms. The summed E-state index contributed by atoms with van der Waals surface area (Å²) in [6.45, 7) is 2.06. The highest BCUT2D eigenvalue weighted by atomic mass is 16.4. The molecule has 0 aliphatic heterocycles. The van der Waals surface area contributed by atoms with E-state index in [9.17, 15) is 4.79 Å². The maximum atomic E-state index is 10.8. The molecule has 2 aromatic carbocycles. The van der Waals surface area contributed by atoms with Gasteiger partial charge in [0.05, 0.1) is 0 Å². The van der Waals surface area contributed by atoms with Crippen LogP contribution in [0.25, 0.3) is 0 Å². The average Bonchev–Trinajstić information content (AvgIpc) is 2.45. The van der Waals surface area contributed by atoms with Gasteiger partial charge in [-0.05, 0) is 36.8 Å². The molecule has 0 aliphatic carbocycles. The second kappa shape index (κ2) is 6.90. The summed E-state index contributed by atoms with van der Waals surface area (Å²) in [5.74, 6) is -0.468. The molecule has 0 saturated heterocycles. The van der Waals surface area contributed by atoms with Gasteiger partial charge >= 0.3 is 5.97 Å². The maximum absolute atomic E-state index is 10.8. The van der Waals surface area contributed by atoms with E-state index < -0.39 is 5.97 Å². The normalized spacial score (nSPS) is 12.1. The lowest BCUT2D eigenvalue weighted by molar-refractivity contribution is -0.137. The molecule has 0 aromatic heterocycles. The van der Waals surface area contributed by atoms with Gasteiger partial charge in [-0.2, -0.15) is 0 Å². The zero-order valence-corrected chi connectivity index (χ0v) is 11.8. The molecular weight excluding hydrogens is 248 g/mol. The zero-order chi connectivity index (χ0) is 14.4. The number of rotatable bonds is 6. The number of hydrogen-bond donors (Lipinski definition) is 1. The SMILES string of the molecule is Cc1ccc(C(CCC(=O)O)Cc2ccccc2)cc1. The fourth-order valence-corrected chi connectivity index (χ4v) is 2.42. The Morgan fingerprint density at radius 2 is 1.70 bits per heavy atom. The molecule has 2 rings (SSSR count). The fourth-order valence-electron chi connectivity index (χ4n) is 2.42. The summed E-state index contributed by atoms with van der Waals surface area (Å²) in [5.41, 5.74) is 3.70. The number of hydrogen-bond acceptors (Lipinski definition) is 1. The third-order valence-corrected chi connectivity index (χ3v) is 3.58. The Balaban J connectivity index is 2.15. The largest absolute Gasteiger partial charge is 0.481 e. The third kappa shape index (κ3) is 4.23. The van der Waals surface area contributed by atoms with E-state index in [1.165, 1.54) is 16.7 Å². The van der Waals surface area contributed by atoms with Crippen LogP contribution in [0.15, 0.2) is 54.6 Å². The minimum Gasteiger partial charge on any atom is -0.481 e. The first kappa shape index (κ1) is 14.3. The quantitative estimate of drug-likeness (QED) is 0.853. The van der Waals surface area contributed by atoms with E-state index in [1.807, 2.05) is 18.2 Å². The Bertz CT molecular complexity index is 543. The molecule has 20 heavy (non-hydrogen) atoms. The van der Waals surface area contributed by atoms with E-state index in [2.05, 4.69) is 43.3 Å². The molecule has 2 heteroatoms. The molecule has 104 valence electrons. The van der Waals surface area contributed by atoms with Crippen molar-refractivity contribution in [3.8, 4) is 0 Å². The molecule has 0 heterocycles. The van der Waals surface area contributed by atoms with Crippen LogP contribution in [0, 0.1) is 6.92 Å². The first-order chi connectivity index (χ1) is 9.65. The van der Waals surface area contributed by atoms with E-state index in [0.29, 0.717) is 6.42 Å². The maximum Gasteiger partial charge on any atom is 0.303 e. The summed E-state index contributed by atoms with van der Waals surface area (Å²) >= 11 is 0. The highest BCUT2D eigenvalue weighted by Crippen LogP contribution is 2.26. The zero-order valence-electron chi connectivity index (χ0n) is 11.8. The molecule has 2 nitrogen and oxygen atoms in total. The predicted molar refractivity (Wildman–Crippen MR) is 80.9 cm³/mol. The van der Waals surface area contributed by atoms with Crippen LogP contribution in [0.4, 0.5) is 0 Å². The van der Waals surface area contributed by atoms with Crippen molar-refractivity contribution in [2.45, 2.75) is 32.1 Å². The standard InChI is InChI=1S/C18H20O2/c1-14-7-9-16(10-8-14)17(11-12-18(19)20)13-15-5-3-2-4-6-15/h2-10,17H,11-13H2,1H3,(H,19,20). The van der Waals surface area contributed by atoms with Crippen LogP contribution in [0.5, 0.6) is 0 Å². The number of aryl methyl sites for hydroxylation is 1. The van der Waals surface area contributed by atoms with Crippen molar-refractivity contribution in [1.82, 2.24) is 0 Å². The Labute approximate surface area is 120 Å². The second-order valence-electron chi connectivity index (χ2n) is 5.23. The van der Waals surface area contributed by atoms with Crippen molar-refractivity contribution in [1.29, 1.82) is 0 Å². The molecule has 1 unspecified atom stereocenters. The Morgan fingerprint density at radius 1 is 1.05 bits per heavy atom. The van der Waals surface area contributed by atoms with Crippen molar-refractivity contribution >= 4 is 5.97 Å². The Morgan fingerprint density at radius 3 is 2.30 bits per heavy atom. The highest BCUT2D eigenvalue weighted by molar-refractivity contribution is 5.66. The van der Waals surface area contributed by atoms with Gasteiger partial charge in [0.25, 0.3) is 0 Å². The minimum atomic E-state index is -0.727. The highest BCUT2D eigenvalue weighted by Gasteiger charge is 2.14. The first-order valence-electron chi connectivity index (χ1n) is 6.97. The lowest BCUT2D eigenvalue weighted by atomic mass is 9.88. The topological polar surface area (TPSA) is 37.3 Å². The summed E-state index contributed by atoms with van der Waals surface area (Å²) < 4.78 is 0. The first-order valence-corrected chi connectivity index (χ1v) is 6.97. The van der Waals surface area contributed by atoms with Gasteiger partial charge in [-0.15, -0.1) is 0 Å². The average molecular weight is 268 g/mol. The van der Waals surface area contributed by atoms with Crippen molar-refractivity contribution in [2.24, 2.45) is 0 Å². The number of carboxylic acid groups (broad SMARTS) is 1. The summed E-state index contributed by atoms with van der Waals surface area (Å²) in [6.07, 6.45) is 1.77. The molecular formula is C18H20O2. The van der Waals surface area contributed by atoms with Gasteiger partial charge in [0.15, 0.2) is 0 Å². The summed E-state index contributed by atoms with van der Waals surface area (Å²) in [6, 6.07) is 18.7. The van der Waals surface area contributed by atoms with Crippen molar-refractivity contribution in [3.63, 3.8) is 0 Å². The van der Waals surface area contributed by atoms with Gasteiger partial charge < -0.3 is 5.11 Å². The van der Waals surface area contributed by atoms with Crippen LogP contribution in [0.2, 0.25) is 0 Å². The molecule has 0 saturated carbocycles. The Kier molecular flexibility index (Phi) is 4.94. The van der Waals surface area contributed by atoms with Crippen LogP contribution in [-0.4, -0.2) is 11.1 Å². The molecule has 1 atom stereocenters. The van der Waals surface area contributed by atoms with Gasteiger partial charge in [-0.25, -0.2) is 0 Å². The monoisotopic (exact) mass is 268 g/mol. The van der Waals surface area contributed by atoms with Crippen LogP contribution < -0.4 is 0 Å². The molecule has 0 fully saturated rings. The predicted octanol–water partition coefficient (Wildman–Crippen LogP) is 4.19. The number of carbonyl (C=O) groups is 1. The summed E-state index contributed by atoms with van der Waals surface area (Å²) in [7, 11) is 0. The molecule has 2 aromatic rings. The minimum absolute atomic E-state index is 0.214. The second-order valence-corrected chi connectivity index (χ2v) is 5.23. The van der Waals surface area contributed by atoms with E-state index in [-0.39, 0.29) is 12.3 Å². The van der Waals surface area contributed by atoms with Gasteiger partial charge in [-0.3, -0.25) is 4.79 Å². The Hall–Kier alpha value is -2.09. The number of aliphatic carboxylic acids is 1. The fraction of sp³-hybridized carbons (Fsp3) is 0.278. The lowest BCUT2D eigenvalue weighted by Gasteiger charge is -2.17. The van der Waals surface area contributed by atoms with Crippen LogP contribution in [0.3, 0.4) is 0 Å².